The van der Waals surface area contributed by atoms with Crippen molar-refractivity contribution in [3.8, 4) is 10.6 Å². The van der Waals surface area contributed by atoms with Crippen LogP contribution < -0.4 is 16.0 Å². The summed E-state index contributed by atoms with van der Waals surface area (Å²) in [6, 6.07) is 17.9. The summed E-state index contributed by atoms with van der Waals surface area (Å²) >= 11 is 1.63. The summed E-state index contributed by atoms with van der Waals surface area (Å²) in [4.78, 5) is 21.1. The summed E-state index contributed by atoms with van der Waals surface area (Å²) in [6.45, 7) is 4.06. The Morgan fingerprint density at radius 1 is 1.10 bits per heavy atom. The third-order valence-electron chi connectivity index (χ3n) is 4.44. The van der Waals surface area contributed by atoms with Gasteiger partial charge in [0.15, 0.2) is 5.96 Å². The first-order valence-corrected chi connectivity index (χ1v) is 10.9. The van der Waals surface area contributed by atoms with E-state index in [1.807, 2.05) is 49.4 Å². The molecule has 3 N–H and O–H groups in total. The van der Waals surface area contributed by atoms with E-state index in [2.05, 4.69) is 38.5 Å². The maximum Gasteiger partial charge on any atom is 0.251 e. The molecule has 2 aromatic carbocycles. The van der Waals surface area contributed by atoms with Crippen molar-refractivity contribution in [2.24, 2.45) is 4.99 Å². The third kappa shape index (κ3) is 7.62. The molecule has 3 aromatic rings. The number of carbonyl (C=O) groups is 1. The van der Waals surface area contributed by atoms with E-state index in [-0.39, 0.29) is 29.9 Å². The molecule has 0 bridgehead atoms. The number of hydrogen-bond acceptors (Lipinski definition) is 4. The Morgan fingerprint density at radius 3 is 2.65 bits per heavy atom. The first-order chi connectivity index (χ1) is 14.7. The smallest absolute Gasteiger partial charge is 0.251 e. The van der Waals surface area contributed by atoms with Crippen molar-refractivity contribution in [3.63, 3.8) is 0 Å². The predicted octanol–water partition coefficient (Wildman–Crippen LogP) is 4.09. The van der Waals surface area contributed by atoms with Gasteiger partial charge in [0.2, 0.25) is 0 Å². The fourth-order valence-electron chi connectivity index (χ4n) is 2.93. The highest BCUT2D eigenvalue weighted by Crippen LogP contribution is 2.23. The quantitative estimate of drug-likeness (QED) is 0.225. The average molecular weight is 549 g/mol. The monoisotopic (exact) mass is 549 g/mol. The molecule has 0 fully saturated rings. The molecule has 1 aromatic heterocycles. The minimum absolute atomic E-state index is 0. The van der Waals surface area contributed by atoms with Gasteiger partial charge in [-0.05, 0) is 31.0 Å². The summed E-state index contributed by atoms with van der Waals surface area (Å²) in [5.41, 5.74) is 3.86. The molecule has 0 saturated carbocycles. The number of amides is 1. The molecule has 1 amide bonds. The molecule has 6 nitrogen and oxygen atoms in total. The van der Waals surface area contributed by atoms with Crippen LogP contribution in [0.5, 0.6) is 0 Å². The van der Waals surface area contributed by atoms with E-state index in [1.54, 1.807) is 18.4 Å². The molecule has 1 heterocycles. The summed E-state index contributed by atoms with van der Waals surface area (Å²) in [7, 11) is 1.64. The molecule has 0 spiro atoms. The number of aliphatic imine (C=N–C) groups is 1. The normalized spacial score (nSPS) is 10.8. The maximum absolute atomic E-state index is 11.8. The highest BCUT2D eigenvalue weighted by molar-refractivity contribution is 14.0. The summed E-state index contributed by atoms with van der Waals surface area (Å²) in [6.07, 6.45) is 0.796. The molecule has 0 radical (unpaired) electrons. The molecule has 3 rings (SSSR count). The Balaban J connectivity index is 0.00000341. The van der Waals surface area contributed by atoms with Crippen LogP contribution in [-0.2, 0) is 13.0 Å². The van der Waals surface area contributed by atoms with Gasteiger partial charge in [-0.25, -0.2) is 9.98 Å². The first-order valence-electron chi connectivity index (χ1n) is 10.0. The predicted molar refractivity (Wildman–Crippen MR) is 139 cm³/mol. The van der Waals surface area contributed by atoms with Crippen molar-refractivity contribution >= 4 is 47.2 Å². The van der Waals surface area contributed by atoms with Gasteiger partial charge in [-0.3, -0.25) is 4.79 Å². The van der Waals surface area contributed by atoms with Gasteiger partial charge in [-0.1, -0.05) is 42.5 Å². The fraction of sp³-hybridized carbons (Fsp3) is 0.261. The van der Waals surface area contributed by atoms with Crippen LogP contribution in [0, 0.1) is 0 Å². The summed E-state index contributed by atoms with van der Waals surface area (Å²) in [5.74, 6) is 0.687. The van der Waals surface area contributed by atoms with Gasteiger partial charge in [-0.2, -0.15) is 0 Å². The molecule has 8 heteroatoms. The second-order valence-corrected chi connectivity index (χ2v) is 7.52. The van der Waals surface area contributed by atoms with Gasteiger partial charge >= 0.3 is 0 Å². The SMILES string of the molecule is CCNC(=NCc1csc(-c2ccccc2)n1)NCCc1cccc(C(=O)NC)c1.I. The van der Waals surface area contributed by atoms with Crippen LogP contribution in [0.2, 0.25) is 0 Å². The van der Waals surface area contributed by atoms with E-state index in [1.165, 1.54) is 0 Å². The number of guanidine groups is 1. The molecule has 0 aliphatic carbocycles. The van der Waals surface area contributed by atoms with Gasteiger partial charge in [-0.15, -0.1) is 35.3 Å². The molecule has 0 aliphatic rings. The van der Waals surface area contributed by atoms with Gasteiger partial charge < -0.3 is 16.0 Å². The van der Waals surface area contributed by atoms with E-state index in [0.29, 0.717) is 12.1 Å². The Kier molecular flexibility index (Phi) is 10.5. The topological polar surface area (TPSA) is 78.4 Å². The van der Waals surface area contributed by atoms with Gasteiger partial charge in [0.05, 0.1) is 12.2 Å². The molecule has 0 saturated heterocycles. The minimum atomic E-state index is -0.0714. The lowest BCUT2D eigenvalue weighted by Gasteiger charge is -2.11. The highest BCUT2D eigenvalue weighted by atomic mass is 127. The second kappa shape index (κ2) is 13.1. The van der Waals surface area contributed by atoms with Crippen molar-refractivity contribution in [3.05, 3.63) is 76.8 Å². The number of rotatable bonds is 8. The maximum atomic E-state index is 11.8. The Bertz CT molecular complexity index is 990. The zero-order chi connectivity index (χ0) is 21.2. The number of thiazole rings is 1. The number of nitrogens with zero attached hydrogens (tertiary/aromatic N) is 2. The molecule has 31 heavy (non-hydrogen) atoms. The van der Waals surface area contributed by atoms with E-state index in [9.17, 15) is 4.79 Å². The number of aromatic nitrogens is 1. The second-order valence-electron chi connectivity index (χ2n) is 6.66. The van der Waals surface area contributed by atoms with Crippen LogP contribution in [0.3, 0.4) is 0 Å². The molecule has 0 unspecified atom stereocenters. The number of benzene rings is 2. The van der Waals surface area contributed by atoms with Crippen molar-refractivity contribution in [2.75, 3.05) is 20.1 Å². The molecular weight excluding hydrogens is 521 g/mol. The van der Waals surface area contributed by atoms with Crippen molar-refractivity contribution in [2.45, 2.75) is 19.9 Å². The van der Waals surface area contributed by atoms with E-state index in [4.69, 9.17) is 4.98 Å². The van der Waals surface area contributed by atoms with Gasteiger partial charge in [0.1, 0.15) is 5.01 Å². The molecule has 0 aliphatic heterocycles. The first kappa shape index (κ1) is 24.8. The van der Waals surface area contributed by atoms with Crippen LogP contribution >= 0.6 is 35.3 Å². The molecule has 164 valence electrons. The zero-order valence-corrected chi connectivity index (χ0v) is 20.9. The van der Waals surface area contributed by atoms with Gasteiger partial charge in [0, 0.05) is 36.6 Å². The Labute approximate surface area is 204 Å². The van der Waals surface area contributed by atoms with Crippen LogP contribution in [-0.4, -0.2) is 37.0 Å². The summed E-state index contributed by atoms with van der Waals surface area (Å²) < 4.78 is 0. The van der Waals surface area contributed by atoms with Crippen molar-refractivity contribution < 1.29 is 4.79 Å². The average Bonchev–Trinajstić information content (AvgIpc) is 3.27. The number of halogens is 1. The standard InChI is InChI=1S/C23H27N5OS.HI/c1-3-25-23(26-13-12-17-8-7-11-19(14-17)21(29)24-2)27-15-20-16-30-22(28-20)18-9-5-4-6-10-18;/h4-11,14,16H,3,12-13,15H2,1-2H3,(H,24,29)(H2,25,26,27);1H. The highest BCUT2D eigenvalue weighted by Gasteiger charge is 2.06. The Hall–Kier alpha value is -2.46. The van der Waals surface area contributed by atoms with Crippen LogP contribution in [0.1, 0.15) is 28.5 Å². The zero-order valence-electron chi connectivity index (χ0n) is 17.7. The van der Waals surface area contributed by atoms with Crippen LogP contribution in [0.15, 0.2) is 65.0 Å². The number of nitrogens with one attached hydrogen (secondary N) is 3. The van der Waals surface area contributed by atoms with Crippen molar-refractivity contribution in [1.82, 2.24) is 20.9 Å². The van der Waals surface area contributed by atoms with E-state index in [0.717, 1.165) is 47.3 Å². The fourth-order valence-corrected chi connectivity index (χ4v) is 3.75. The van der Waals surface area contributed by atoms with Crippen LogP contribution in [0.25, 0.3) is 10.6 Å². The largest absolute Gasteiger partial charge is 0.357 e. The Morgan fingerprint density at radius 2 is 1.90 bits per heavy atom. The van der Waals surface area contributed by atoms with Gasteiger partial charge in [0.25, 0.3) is 5.91 Å². The lowest BCUT2D eigenvalue weighted by molar-refractivity contribution is 0.0963. The third-order valence-corrected chi connectivity index (χ3v) is 5.38. The number of carbonyl (C=O) groups excluding carboxylic acids is 1. The molecular formula is C23H28IN5OS. The van der Waals surface area contributed by atoms with E-state index >= 15 is 0 Å². The summed E-state index contributed by atoms with van der Waals surface area (Å²) in [5, 5.41) is 12.3. The minimum Gasteiger partial charge on any atom is -0.357 e. The van der Waals surface area contributed by atoms with Crippen molar-refractivity contribution in [1.29, 1.82) is 0 Å². The number of hydrogen-bond donors (Lipinski definition) is 3. The lowest BCUT2D eigenvalue weighted by atomic mass is 10.1. The van der Waals surface area contributed by atoms with E-state index < -0.39 is 0 Å². The lowest BCUT2D eigenvalue weighted by Crippen LogP contribution is -2.38. The molecule has 0 atom stereocenters. The van der Waals surface area contributed by atoms with Crippen LogP contribution in [0.4, 0.5) is 0 Å².